The van der Waals surface area contributed by atoms with Crippen LogP contribution in [0.15, 0.2) is 53.4 Å². The highest BCUT2D eigenvalue weighted by molar-refractivity contribution is 8.00. The number of amides is 1. The third-order valence-corrected chi connectivity index (χ3v) is 5.06. The normalized spacial score (nSPS) is 17.6. The van der Waals surface area contributed by atoms with Gasteiger partial charge in [0, 0.05) is 22.3 Å². The zero-order valence-corrected chi connectivity index (χ0v) is 14.2. The van der Waals surface area contributed by atoms with E-state index >= 15 is 0 Å². The van der Waals surface area contributed by atoms with Gasteiger partial charge in [-0.15, -0.1) is 24.9 Å². The van der Waals surface area contributed by atoms with E-state index in [2.05, 4.69) is 11.7 Å². The number of rotatable bonds is 2. The number of hydrogen-bond donors (Lipinski definition) is 0. The molecule has 0 spiro atoms. The van der Waals surface area contributed by atoms with Gasteiger partial charge in [0.25, 0.3) is 5.91 Å². The van der Waals surface area contributed by atoms with E-state index in [4.69, 9.17) is 0 Å². The molecule has 1 amide bonds. The Balaban J connectivity index is 1.85. The number of hydrogen-bond acceptors (Lipinski definition) is 3. The number of carbonyl (C=O) groups is 1. The zero-order chi connectivity index (χ0) is 18.0. The molecule has 0 aromatic heterocycles. The van der Waals surface area contributed by atoms with Crippen molar-refractivity contribution in [1.29, 1.82) is 0 Å². The number of nitrogens with zero attached hydrogens (tertiary/aromatic N) is 1. The van der Waals surface area contributed by atoms with Crippen LogP contribution in [0.4, 0.5) is 18.9 Å². The Morgan fingerprint density at radius 3 is 2.52 bits per heavy atom. The fourth-order valence-corrected chi connectivity index (χ4v) is 3.77. The van der Waals surface area contributed by atoms with Gasteiger partial charge in [-0.25, -0.2) is 0 Å². The molecule has 0 saturated heterocycles. The second kappa shape index (κ2) is 7.00. The second-order valence-electron chi connectivity index (χ2n) is 5.71. The van der Waals surface area contributed by atoms with Gasteiger partial charge in [-0.1, -0.05) is 19.1 Å². The monoisotopic (exact) mass is 367 g/mol. The smallest absolute Gasteiger partial charge is 0.406 e. The molecule has 0 N–H and O–H groups in total. The number of thioether (sulfide) groups is 1. The molecule has 0 saturated carbocycles. The molecule has 0 bridgehead atoms. The number of ether oxygens (including phenoxy) is 1. The summed E-state index contributed by atoms with van der Waals surface area (Å²) < 4.78 is 40.6. The van der Waals surface area contributed by atoms with Crippen LogP contribution in [0.5, 0.6) is 5.75 Å². The lowest BCUT2D eigenvalue weighted by Crippen LogP contribution is -2.32. The summed E-state index contributed by atoms with van der Waals surface area (Å²) >= 11 is 1.72. The minimum absolute atomic E-state index is 0.235. The van der Waals surface area contributed by atoms with E-state index < -0.39 is 6.36 Å². The van der Waals surface area contributed by atoms with E-state index in [0.717, 1.165) is 29.1 Å². The van der Waals surface area contributed by atoms with Gasteiger partial charge in [0.2, 0.25) is 0 Å². The Morgan fingerprint density at radius 1 is 1.16 bits per heavy atom. The van der Waals surface area contributed by atoms with Crippen molar-refractivity contribution in [2.24, 2.45) is 0 Å². The van der Waals surface area contributed by atoms with Gasteiger partial charge in [-0.3, -0.25) is 4.79 Å². The number of carbonyl (C=O) groups excluding carboxylic acids is 1. The second-order valence-corrected chi connectivity index (χ2v) is 7.19. The van der Waals surface area contributed by atoms with Crippen LogP contribution in [0, 0.1) is 0 Å². The Bertz CT molecular complexity index is 762. The SMILES string of the molecule is CC1CCN(C(=O)c2ccc(OC(F)(F)F)cc2)c2ccccc2S1. The van der Waals surface area contributed by atoms with Crippen molar-refractivity contribution in [1.82, 2.24) is 0 Å². The summed E-state index contributed by atoms with van der Waals surface area (Å²) in [7, 11) is 0. The van der Waals surface area contributed by atoms with E-state index in [1.807, 2.05) is 24.3 Å². The fourth-order valence-electron chi connectivity index (χ4n) is 2.65. The van der Waals surface area contributed by atoms with Gasteiger partial charge < -0.3 is 9.64 Å². The number of para-hydroxylation sites is 1. The van der Waals surface area contributed by atoms with Crippen LogP contribution in [0.25, 0.3) is 0 Å². The first kappa shape index (κ1) is 17.7. The summed E-state index contributed by atoms with van der Waals surface area (Å²) in [6.07, 6.45) is -3.91. The summed E-state index contributed by atoms with van der Waals surface area (Å²) in [6, 6.07) is 12.7. The molecule has 25 heavy (non-hydrogen) atoms. The van der Waals surface area contributed by atoms with Crippen LogP contribution >= 0.6 is 11.8 Å². The van der Waals surface area contributed by atoms with Crippen LogP contribution in [-0.2, 0) is 0 Å². The van der Waals surface area contributed by atoms with Crippen LogP contribution in [-0.4, -0.2) is 24.1 Å². The highest BCUT2D eigenvalue weighted by atomic mass is 32.2. The minimum Gasteiger partial charge on any atom is -0.406 e. The summed E-state index contributed by atoms with van der Waals surface area (Å²) in [5.41, 5.74) is 1.15. The number of alkyl halides is 3. The Hall–Kier alpha value is -2.15. The molecular formula is C18H16F3NO2S. The molecule has 1 aliphatic rings. The van der Waals surface area contributed by atoms with E-state index in [9.17, 15) is 18.0 Å². The number of anilines is 1. The first-order chi connectivity index (χ1) is 11.8. The fraction of sp³-hybridized carbons (Fsp3) is 0.278. The predicted octanol–water partition coefficient (Wildman–Crippen LogP) is 5.12. The topological polar surface area (TPSA) is 29.5 Å². The first-order valence-corrected chi connectivity index (χ1v) is 8.65. The Labute approximate surface area is 147 Å². The van der Waals surface area contributed by atoms with Crippen molar-refractivity contribution in [3.63, 3.8) is 0 Å². The van der Waals surface area contributed by atoms with Crippen molar-refractivity contribution in [3.8, 4) is 5.75 Å². The highest BCUT2D eigenvalue weighted by Crippen LogP contribution is 2.38. The maximum atomic E-state index is 12.9. The van der Waals surface area contributed by atoms with Crippen LogP contribution < -0.4 is 9.64 Å². The van der Waals surface area contributed by atoms with Gasteiger partial charge >= 0.3 is 6.36 Å². The summed E-state index contributed by atoms with van der Waals surface area (Å²) in [4.78, 5) is 15.6. The molecule has 0 aliphatic carbocycles. The van der Waals surface area contributed by atoms with Crippen molar-refractivity contribution < 1.29 is 22.7 Å². The molecule has 7 heteroatoms. The van der Waals surface area contributed by atoms with Crippen molar-refractivity contribution in [2.75, 3.05) is 11.4 Å². The van der Waals surface area contributed by atoms with Gasteiger partial charge in [-0.2, -0.15) is 0 Å². The molecule has 1 unspecified atom stereocenters. The largest absolute Gasteiger partial charge is 0.573 e. The van der Waals surface area contributed by atoms with Gasteiger partial charge in [0.05, 0.1) is 5.69 Å². The molecule has 1 heterocycles. The lowest BCUT2D eigenvalue weighted by atomic mass is 10.1. The highest BCUT2D eigenvalue weighted by Gasteiger charge is 2.31. The Kier molecular flexibility index (Phi) is 4.94. The molecule has 1 aliphatic heterocycles. The van der Waals surface area contributed by atoms with Gasteiger partial charge in [0.1, 0.15) is 5.75 Å². The van der Waals surface area contributed by atoms with Crippen LogP contribution in [0.1, 0.15) is 23.7 Å². The summed E-state index contributed by atoms with van der Waals surface area (Å²) in [5, 5.41) is 0.376. The third-order valence-electron chi connectivity index (χ3n) is 3.82. The van der Waals surface area contributed by atoms with E-state index in [0.29, 0.717) is 17.4 Å². The van der Waals surface area contributed by atoms with Crippen molar-refractivity contribution in [3.05, 3.63) is 54.1 Å². The zero-order valence-electron chi connectivity index (χ0n) is 13.4. The maximum absolute atomic E-state index is 12.9. The van der Waals surface area contributed by atoms with Crippen LogP contribution in [0.3, 0.4) is 0 Å². The van der Waals surface area contributed by atoms with E-state index in [-0.39, 0.29) is 11.7 Å². The van der Waals surface area contributed by atoms with Crippen LogP contribution in [0.2, 0.25) is 0 Å². The molecule has 3 rings (SSSR count). The standard InChI is InChI=1S/C18H16F3NO2S/c1-12-10-11-22(15-4-2-3-5-16(15)25-12)17(23)13-6-8-14(9-7-13)24-18(19,20)21/h2-9,12H,10-11H2,1H3. The quantitative estimate of drug-likeness (QED) is 0.738. The molecule has 132 valence electrons. The summed E-state index contributed by atoms with van der Waals surface area (Å²) in [6.45, 7) is 2.67. The molecule has 2 aromatic rings. The lowest BCUT2D eigenvalue weighted by Gasteiger charge is -2.22. The average molecular weight is 367 g/mol. The predicted molar refractivity (Wildman–Crippen MR) is 91.2 cm³/mol. The number of benzene rings is 2. The molecule has 2 aromatic carbocycles. The van der Waals surface area contributed by atoms with Gasteiger partial charge in [-0.05, 0) is 42.8 Å². The maximum Gasteiger partial charge on any atom is 0.573 e. The molecule has 3 nitrogen and oxygen atoms in total. The average Bonchev–Trinajstić information content (AvgIpc) is 2.71. The van der Waals surface area contributed by atoms with Crippen molar-refractivity contribution in [2.45, 2.75) is 29.9 Å². The minimum atomic E-state index is -4.75. The molecular weight excluding hydrogens is 351 g/mol. The molecule has 0 radical (unpaired) electrons. The van der Waals surface area contributed by atoms with Gasteiger partial charge in [0.15, 0.2) is 0 Å². The molecule has 1 atom stereocenters. The number of fused-ring (bicyclic) bond motifs is 1. The Morgan fingerprint density at radius 2 is 1.84 bits per heavy atom. The van der Waals surface area contributed by atoms with Crippen molar-refractivity contribution >= 4 is 23.4 Å². The molecule has 0 fully saturated rings. The van der Waals surface area contributed by atoms with E-state index in [1.54, 1.807) is 16.7 Å². The number of halogens is 3. The lowest BCUT2D eigenvalue weighted by molar-refractivity contribution is -0.274. The summed E-state index contributed by atoms with van der Waals surface area (Å²) in [5.74, 6) is -0.579. The van der Waals surface area contributed by atoms with E-state index in [1.165, 1.54) is 12.1 Å². The first-order valence-electron chi connectivity index (χ1n) is 7.77. The third kappa shape index (κ3) is 4.28.